The molecule has 1 heterocycles. The highest BCUT2D eigenvalue weighted by Crippen LogP contribution is 2.30. The summed E-state index contributed by atoms with van der Waals surface area (Å²) in [5.74, 6) is 2.33. The molecule has 1 aliphatic heterocycles. The van der Waals surface area contributed by atoms with Crippen LogP contribution in [0, 0.1) is 0 Å². The SMILES string of the molecule is CCNC(=NCc1ccc(OC(F)F)c(OCC)c1)NCC1CCCS1.I. The lowest BCUT2D eigenvalue weighted by Crippen LogP contribution is -2.40. The molecule has 0 radical (unpaired) electrons. The fourth-order valence-electron chi connectivity index (χ4n) is 2.64. The zero-order chi connectivity index (χ0) is 18.8. The summed E-state index contributed by atoms with van der Waals surface area (Å²) in [5.41, 5.74) is 0.863. The molecule has 1 aliphatic rings. The molecule has 27 heavy (non-hydrogen) atoms. The van der Waals surface area contributed by atoms with Gasteiger partial charge in [-0.2, -0.15) is 20.5 Å². The van der Waals surface area contributed by atoms with Gasteiger partial charge < -0.3 is 20.1 Å². The molecule has 9 heteroatoms. The summed E-state index contributed by atoms with van der Waals surface area (Å²) in [7, 11) is 0. The Bertz CT molecular complexity index is 588. The minimum Gasteiger partial charge on any atom is -0.490 e. The van der Waals surface area contributed by atoms with Crippen molar-refractivity contribution in [2.45, 2.75) is 45.1 Å². The van der Waals surface area contributed by atoms with Crippen LogP contribution in [0.4, 0.5) is 8.78 Å². The highest BCUT2D eigenvalue weighted by Gasteiger charge is 2.15. The summed E-state index contributed by atoms with van der Waals surface area (Å²) >= 11 is 1.99. The van der Waals surface area contributed by atoms with Crippen molar-refractivity contribution in [2.75, 3.05) is 25.4 Å². The maximum Gasteiger partial charge on any atom is 0.387 e. The molecule has 0 aliphatic carbocycles. The van der Waals surface area contributed by atoms with E-state index < -0.39 is 6.61 Å². The first kappa shape index (κ1) is 24.1. The Morgan fingerprint density at radius 2 is 2.11 bits per heavy atom. The summed E-state index contributed by atoms with van der Waals surface area (Å²) in [5, 5.41) is 7.24. The molecule has 2 N–H and O–H groups in total. The lowest BCUT2D eigenvalue weighted by Gasteiger charge is -2.15. The van der Waals surface area contributed by atoms with Gasteiger partial charge in [0.05, 0.1) is 13.2 Å². The first-order valence-corrected chi connectivity index (χ1v) is 10.0. The van der Waals surface area contributed by atoms with Crippen molar-refractivity contribution in [1.29, 1.82) is 0 Å². The number of aliphatic imine (C=N–C) groups is 1. The standard InChI is InChI=1S/C18H27F2N3O2S.HI/c1-3-21-18(23-12-14-6-5-9-26-14)22-11-13-7-8-15(25-17(19)20)16(10-13)24-4-2;/h7-8,10,14,17H,3-6,9,11-12H2,1-2H3,(H2,21,22,23);1H. The van der Waals surface area contributed by atoms with Crippen LogP contribution in [0.1, 0.15) is 32.3 Å². The normalized spacial score (nSPS) is 16.8. The van der Waals surface area contributed by atoms with Crippen LogP contribution >= 0.6 is 35.7 Å². The molecule has 0 aromatic heterocycles. The number of nitrogens with zero attached hydrogens (tertiary/aromatic N) is 1. The molecule has 1 fully saturated rings. The Hall–Kier alpha value is -0.970. The van der Waals surface area contributed by atoms with Gasteiger partial charge in [0.1, 0.15) is 0 Å². The van der Waals surface area contributed by atoms with Crippen LogP contribution in [0.3, 0.4) is 0 Å². The van der Waals surface area contributed by atoms with Crippen LogP contribution in [0.5, 0.6) is 11.5 Å². The second-order valence-electron chi connectivity index (χ2n) is 5.80. The second kappa shape index (κ2) is 13.2. The third kappa shape index (κ3) is 8.71. The number of rotatable bonds is 9. The third-order valence-corrected chi connectivity index (χ3v) is 5.21. The predicted octanol–water partition coefficient (Wildman–Crippen LogP) is 4.26. The van der Waals surface area contributed by atoms with Crippen LogP contribution < -0.4 is 20.1 Å². The van der Waals surface area contributed by atoms with E-state index in [0.29, 0.717) is 24.2 Å². The van der Waals surface area contributed by atoms with E-state index in [0.717, 1.165) is 24.6 Å². The minimum absolute atomic E-state index is 0. The van der Waals surface area contributed by atoms with Crippen molar-refractivity contribution in [2.24, 2.45) is 4.99 Å². The topological polar surface area (TPSA) is 54.9 Å². The van der Waals surface area contributed by atoms with Crippen LogP contribution in [0.15, 0.2) is 23.2 Å². The number of alkyl halides is 2. The maximum absolute atomic E-state index is 12.5. The number of benzene rings is 1. The monoisotopic (exact) mass is 515 g/mol. The van der Waals surface area contributed by atoms with Gasteiger partial charge in [-0.25, -0.2) is 4.99 Å². The van der Waals surface area contributed by atoms with E-state index in [1.807, 2.05) is 18.7 Å². The van der Waals surface area contributed by atoms with E-state index in [2.05, 4.69) is 20.4 Å². The summed E-state index contributed by atoms with van der Waals surface area (Å²) in [6, 6.07) is 4.92. The molecule has 1 saturated heterocycles. The Balaban J connectivity index is 0.00000364. The molecule has 1 atom stereocenters. The molecule has 154 valence electrons. The van der Waals surface area contributed by atoms with Gasteiger partial charge in [0.15, 0.2) is 17.5 Å². The van der Waals surface area contributed by atoms with Gasteiger partial charge in [-0.15, -0.1) is 24.0 Å². The third-order valence-electron chi connectivity index (χ3n) is 3.81. The first-order chi connectivity index (χ1) is 12.6. The predicted molar refractivity (Wildman–Crippen MR) is 118 cm³/mol. The molecule has 2 rings (SSSR count). The molecule has 0 amide bonds. The van der Waals surface area contributed by atoms with Crippen molar-refractivity contribution in [3.63, 3.8) is 0 Å². The van der Waals surface area contributed by atoms with E-state index in [9.17, 15) is 8.78 Å². The van der Waals surface area contributed by atoms with Crippen molar-refractivity contribution in [3.8, 4) is 11.5 Å². The molecule has 1 aromatic rings. The van der Waals surface area contributed by atoms with Crippen molar-refractivity contribution < 1.29 is 18.3 Å². The number of ether oxygens (including phenoxy) is 2. The van der Waals surface area contributed by atoms with Gasteiger partial charge in [0, 0.05) is 18.3 Å². The van der Waals surface area contributed by atoms with Gasteiger partial charge in [-0.05, 0) is 50.1 Å². The summed E-state index contributed by atoms with van der Waals surface area (Å²) < 4.78 is 34.8. The van der Waals surface area contributed by atoms with Gasteiger partial charge in [0.25, 0.3) is 0 Å². The molecule has 1 aromatic carbocycles. The number of hydrogen-bond donors (Lipinski definition) is 2. The van der Waals surface area contributed by atoms with Crippen LogP contribution in [-0.4, -0.2) is 43.3 Å². The highest BCUT2D eigenvalue weighted by atomic mass is 127. The van der Waals surface area contributed by atoms with E-state index in [1.54, 1.807) is 19.1 Å². The Labute approximate surface area is 181 Å². The first-order valence-electron chi connectivity index (χ1n) is 8.96. The van der Waals surface area contributed by atoms with Crippen LogP contribution in [0.2, 0.25) is 0 Å². The highest BCUT2D eigenvalue weighted by molar-refractivity contribution is 14.0. The fraction of sp³-hybridized carbons (Fsp3) is 0.611. The minimum atomic E-state index is -2.88. The Morgan fingerprint density at radius 1 is 1.30 bits per heavy atom. The molecule has 5 nitrogen and oxygen atoms in total. The number of halogens is 3. The Kier molecular flexibility index (Phi) is 11.8. The molecule has 0 spiro atoms. The zero-order valence-corrected chi connectivity index (χ0v) is 18.8. The number of guanidine groups is 1. The van der Waals surface area contributed by atoms with Crippen molar-refractivity contribution >= 4 is 41.7 Å². The molecular formula is C18H28F2IN3O2S. The van der Waals surface area contributed by atoms with Gasteiger partial charge >= 0.3 is 6.61 Å². The molecule has 1 unspecified atom stereocenters. The molecule has 0 saturated carbocycles. The van der Waals surface area contributed by atoms with E-state index >= 15 is 0 Å². The number of hydrogen-bond acceptors (Lipinski definition) is 4. The summed E-state index contributed by atoms with van der Waals surface area (Å²) in [6.07, 6.45) is 2.51. The maximum atomic E-state index is 12.5. The zero-order valence-electron chi connectivity index (χ0n) is 15.7. The molecule has 0 bridgehead atoms. The van der Waals surface area contributed by atoms with Gasteiger partial charge in [0.2, 0.25) is 0 Å². The van der Waals surface area contributed by atoms with E-state index in [-0.39, 0.29) is 29.7 Å². The van der Waals surface area contributed by atoms with E-state index in [4.69, 9.17) is 4.74 Å². The average molecular weight is 515 g/mol. The average Bonchev–Trinajstić information content (AvgIpc) is 3.13. The number of thioether (sulfide) groups is 1. The van der Waals surface area contributed by atoms with E-state index in [1.165, 1.54) is 24.7 Å². The largest absolute Gasteiger partial charge is 0.490 e. The number of nitrogens with one attached hydrogen (secondary N) is 2. The second-order valence-corrected chi connectivity index (χ2v) is 7.21. The quantitative estimate of drug-likeness (QED) is 0.293. The van der Waals surface area contributed by atoms with Crippen LogP contribution in [0.25, 0.3) is 0 Å². The summed E-state index contributed by atoms with van der Waals surface area (Å²) in [4.78, 5) is 4.58. The fourth-order valence-corrected chi connectivity index (χ4v) is 3.84. The van der Waals surface area contributed by atoms with Crippen LogP contribution in [-0.2, 0) is 6.54 Å². The molecular weight excluding hydrogens is 487 g/mol. The lowest BCUT2D eigenvalue weighted by atomic mass is 10.2. The lowest BCUT2D eigenvalue weighted by molar-refractivity contribution is -0.0514. The van der Waals surface area contributed by atoms with Crippen molar-refractivity contribution in [1.82, 2.24) is 10.6 Å². The Morgan fingerprint density at radius 3 is 2.74 bits per heavy atom. The smallest absolute Gasteiger partial charge is 0.387 e. The summed E-state index contributed by atoms with van der Waals surface area (Å²) in [6.45, 7) is 3.39. The van der Waals surface area contributed by atoms with Gasteiger partial charge in [-0.1, -0.05) is 6.07 Å². The van der Waals surface area contributed by atoms with Crippen molar-refractivity contribution in [3.05, 3.63) is 23.8 Å². The van der Waals surface area contributed by atoms with Gasteiger partial charge in [-0.3, -0.25) is 0 Å².